The molecule has 0 aliphatic carbocycles. The fourth-order valence-corrected chi connectivity index (χ4v) is 4.07. The van der Waals surface area contributed by atoms with Crippen LogP contribution >= 0.6 is 23.2 Å². The third kappa shape index (κ3) is 3.77. The molecule has 5 nitrogen and oxygen atoms in total. The highest BCUT2D eigenvalue weighted by Crippen LogP contribution is 2.43. The van der Waals surface area contributed by atoms with Crippen LogP contribution in [0.15, 0.2) is 88.4 Å². The Morgan fingerprint density at radius 1 is 0.875 bits per heavy atom. The Morgan fingerprint density at radius 3 is 2.28 bits per heavy atom. The van der Waals surface area contributed by atoms with Gasteiger partial charge in [0.1, 0.15) is 23.0 Å². The van der Waals surface area contributed by atoms with Gasteiger partial charge in [-0.2, -0.15) is 5.10 Å². The largest absolute Gasteiger partial charge is 0.457 e. The predicted octanol–water partition coefficient (Wildman–Crippen LogP) is 6.64. The summed E-state index contributed by atoms with van der Waals surface area (Å²) in [7, 11) is 0. The molecule has 1 amide bonds. The van der Waals surface area contributed by atoms with Crippen molar-refractivity contribution >= 4 is 35.3 Å². The number of furan rings is 1. The second kappa shape index (κ2) is 8.54. The number of nitrogens with zero attached hydrogens (tertiary/aromatic N) is 1. The summed E-state index contributed by atoms with van der Waals surface area (Å²) in [5, 5.41) is 4.95. The van der Waals surface area contributed by atoms with E-state index in [9.17, 15) is 4.79 Å². The van der Waals surface area contributed by atoms with E-state index in [-0.39, 0.29) is 5.91 Å². The fraction of sp³-hybridized carbons (Fsp3) is 0.0400. The van der Waals surface area contributed by atoms with Crippen molar-refractivity contribution in [3.8, 4) is 22.8 Å². The van der Waals surface area contributed by atoms with Crippen molar-refractivity contribution in [3.05, 3.63) is 106 Å². The summed E-state index contributed by atoms with van der Waals surface area (Å²) in [6.07, 6.45) is 1.44. The van der Waals surface area contributed by atoms with Gasteiger partial charge in [-0.15, -0.1) is 0 Å². The molecule has 1 aliphatic rings. The van der Waals surface area contributed by atoms with Gasteiger partial charge in [0, 0.05) is 16.7 Å². The summed E-state index contributed by atoms with van der Waals surface area (Å²) >= 11 is 12.3. The van der Waals surface area contributed by atoms with Gasteiger partial charge >= 0.3 is 0 Å². The summed E-state index contributed by atoms with van der Waals surface area (Å²) in [4.78, 5) is 13.1. The highest BCUT2D eigenvalue weighted by Gasteiger charge is 2.32. The monoisotopic (exact) mass is 462 g/mol. The van der Waals surface area contributed by atoms with Crippen LogP contribution < -0.4 is 10.2 Å². The number of hydrogen-bond acceptors (Lipinski definition) is 4. The molecule has 0 saturated heterocycles. The van der Waals surface area contributed by atoms with Crippen LogP contribution in [0, 0.1) is 0 Å². The van der Waals surface area contributed by atoms with Gasteiger partial charge in [-0.25, -0.2) is 5.43 Å². The molecule has 1 aromatic heterocycles. The Bertz CT molecular complexity index is 1300. The van der Waals surface area contributed by atoms with Crippen molar-refractivity contribution in [2.75, 3.05) is 0 Å². The standard InChI is InChI=1S/C25H16Cl2N2O3/c26-19-9-5-8-18(24(19)27)22-13-12-15(31-22)14-28-29-25(30)23-16-6-1-3-10-20(16)32-21-11-4-2-7-17(21)23/h1-14,23H,(H,29,30)/b28-14-. The maximum absolute atomic E-state index is 13.1. The second-order valence-corrected chi connectivity index (χ2v) is 7.93. The van der Waals surface area contributed by atoms with Gasteiger partial charge in [0.25, 0.3) is 5.91 Å². The molecule has 158 valence electrons. The Hall–Kier alpha value is -3.54. The molecule has 4 aromatic rings. The summed E-state index contributed by atoms with van der Waals surface area (Å²) in [5.41, 5.74) is 4.87. The molecular weight excluding hydrogens is 447 g/mol. The number of rotatable bonds is 4. The van der Waals surface area contributed by atoms with E-state index < -0.39 is 5.92 Å². The van der Waals surface area contributed by atoms with Crippen LogP contribution in [0.1, 0.15) is 22.8 Å². The molecule has 0 bridgehead atoms. The van der Waals surface area contributed by atoms with Gasteiger partial charge in [0.15, 0.2) is 0 Å². The van der Waals surface area contributed by atoms with E-state index in [1.807, 2.05) is 54.6 Å². The molecule has 0 fully saturated rings. The number of amides is 1. The van der Waals surface area contributed by atoms with Crippen LogP contribution in [0.4, 0.5) is 0 Å². The van der Waals surface area contributed by atoms with Gasteiger partial charge in [-0.3, -0.25) is 4.79 Å². The summed E-state index contributed by atoms with van der Waals surface area (Å²) in [6.45, 7) is 0. The van der Waals surface area contributed by atoms with Gasteiger partial charge in [0.2, 0.25) is 0 Å². The maximum Gasteiger partial charge on any atom is 0.252 e. The van der Waals surface area contributed by atoms with Crippen molar-refractivity contribution in [1.29, 1.82) is 0 Å². The van der Waals surface area contributed by atoms with Crippen LogP contribution in [0.2, 0.25) is 10.0 Å². The molecule has 0 spiro atoms. The molecule has 7 heteroatoms. The number of nitrogens with one attached hydrogen (secondary N) is 1. The average Bonchev–Trinajstić information content (AvgIpc) is 3.27. The molecule has 1 N–H and O–H groups in total. The number of para-hydroxylation sites is 2. The summed E-state index contributed by atoms with van der Waals surface area (Å²) in [6, 6.07) is 23.8. The number of hydrogen-bond donors (Lipinski definition) is 1. The predicted molar refractivity (Wildman–Crippen MR) is 125 cm³/mol. The maximum atomic E-state index is 13.1. The van der Waals surface area contributed by atoms with E-state index in [1.165, 1.54) is 6.21 Å². The second-order valence-electron chi connectivity index (χ2n) is 7.15. The Morgan fingerprint density at radius 2 is 1.56 bits per heavy atom. The van der Waals surface area contributed by atoms with Crippen LogP contribution in [0.25, 0.3) is 11.3 Å². The zero-order valence-electron chi connectivity index (χ0n) is 16.6. The number of fused-ring (bicyclic) bond motifs is 2. The number of hydrazone groups is 1. The fourth-order valence-electron chi connectivity index (χ4n) is 3.68. The minimum absolute atomic E-state index is 0.269. The molecule has 3 aromatic carbocycles. The normalized spacial score (nSPS) is 12.8. The molecule has 32 heavy (non-hydrogen) atoms. The molecule has 0 radical (unpaired) electrons. The lowest BCUT2D eigenvalue weighted by Crippen LogP contribution is -2.28. The van der Waals surface area contributed by atoms with E-state index >= 15 is 0 Å². The van der Waals surface area contributed by atoms with Crippen LogP contribution in [-0.2, 0) is 4.79 Å². The zero-order valence-corrected chi connectivity index (χ0v) is 18.1. The lowest BCUT2D eigenvalue weighted by Gasteiger charge is -2.26. The lowest BCUT2D eigenvalue weighted by molar-refractivity contribution is -0.121. The third-order valence-electron chi connectivity index (χ3n) is 5.15. The van der Waals surface area contributed by atoms with E-state index in [0.717, 1.165) is 11.1 Å². The van der Waals surface area contributed by atoms with E-state index in [2.05, 4.69) is 10.5 Å². The van der Waals surface area contributed by atoms with Gasteiger partial charge in [-0.1, -0.05) is 65.7 Å². The zero-order chi connectivity index (χ0) is 22.1. The Balaban J connectivity index is 1.36. The SMILES string of the molecule is O=C(N/N=C\c1ccc(-c2cccc(Cl)c2Cl)o1)C1c2ccccc2Oc2ccccc21. The van der Waals surface area contributed by atoms with E-state index in [4.69, 9.17) is 32.4 Å². The highest BCUT2D eigenvalue weighted by molar-refractivity contribution is 6.43. The quantitative estimate of drug-likeness (QED) is 0.273. The summed E-state index contributed by atoms with van der Waals surface area (Å²) in [5.74, 6) is 1.52. The average molecular weight is 463 g/mol. The van der Waals surface area contributed by atoms with Crippen LogP contribution in [-0.4, -0.2) is 12.1 Å². The highest BCUT2D eigenvalue weighted by atomic mass is 35.5. The minimum Gasteiger partial charge on any atom is -0.457 e. The Kier molecular flexibility index (Phi) is 5.43. The van der Waals surface area contributed by atoms with Gasteiger partial charge in [0.05, 0.1) is 22.2 Å². The number of carbonyl (C=O) groups excluding carboxylic acids is 1. The first-order chi connectivity index (χ1) is 15.6. The van der Waals surface area contributed by atoms with Gasteiger partial charge in [-0.05, 0) is 36.4 Å². The first-order valence-electron chi connectivity index (χ1n) is 9.84. The first kappa shape index (κ1) is 20.4. The molecule has 0 unspecified atom stereocenters. The number of carbonyl (C=O) groups is 1. The van der Waals surface area contributed by atoms with Crippen molar-refractivity contribution in [2.24, 2.45) is 5.10 Å². The van der Waals surface area contributed by atoms with Crippen molar-refractivity contribution < 1.29 is 13.9 Å². The van der Waals surface area contributed by atoms with Gasteiger partial charge < -0.3 is 9.15 Å². The number of benzene rings is 3. The smallest absolute Gasteiger partial charge is 0.252 e. The lowest BCUT2D eigenvalue weighted by atomic mass is 9.87. The minimum atomic E-state index is -0.536. The van der Waals surface area contributed by atoms with Crippen molar-refractivity contribution in [2.45, 2.75) is 5.92 Å². The topological polar surface area (TPSA) is 63.8 Å². The van der Waals surface area contributed by atoms with Crippen LogP contribution in [0.3, 0.4) is 0 Å². The molecule has 0 saturated carbocycles. The molecule has 5 rings (SSSR count). The molecule has 2 heterocycles. The summed E-state index contributed by atoms with van der Waals surface area (Å²) < 4.78 is 11.7. The number of halogens is 2. The molecular formula is C25H16Cl2N2O3. The number of ether oxygens (including phenoxy) is 1. The first-order valence-corrected chi connectivity index (χ1v) is 10.6. The van der Waals surface area contributed by atoms with Crippen molar-refractivity contribution in [3.63, 3.8) is 0 Å². The van der Waals surface area contributed by atoms with Crippen molar-refractivity contribution in [1.82, 2.24) is 5.43 Å². The molecule has 1 aliphatic heterocycles. The van der Waals surface area contributed by atoms with E-state index in [1.54, 1.807) is 24.3 Å². The third-order valence-corrected chi connectivity index (χ3v) is 5.97. The Labute approximate surface area is 194 Å². The van der Waals surface area contributed by atoms with E-state index in [0.29, 0.717) is 38.6 Å². The molecule has 0 atom stereocenters. The van der Waals surface area contributed by atoms with Crippen LogP contribution in [0.5, 0.6) is 11.5 Å².